The van der Waals surface area contributed by atoms with Crippen LogP contribution in [-0.4, -0.2) is 58.6 Å². The molecule has 2 aromatic heterocycles. The summed E-state index contributed by atoms with van der Waals surface area (Å²) in [5.74, 6) is 1.70. The molecule has 1 saturated heterocycles. The predicted molar refractivity (Wildman–Crippen MR) is 117 cm³/mol. The van der Waals surface area contributed by atoms with E-state index in [0.29, 0.717) is 41.2 Å². The van der Waals surface area contributed by atoms with Gasteiger partial charge in [-0.3, -0.25) is 9.58 Å². The van der Waals surface area contributed by atoms with Crippen LogP contribution >= 0.6 is 0 Å². The number of halogens is 2. The number of ether oxygens (including phenoxy) is 2. The van der Waals surface area contributed by atoms with Crippen molar-refractivity contribution in [3.8, 4) is 17.0 Å². The average Bonchev–Trinajstić information content (AvgIpc) is 3.23. The first-order chi connectivity index (χ1) is 15.4. The first kappa shape index (κ1) is 21.6. The monoisotopic (exact) mass is 447 g/mol. The van der Waals surface area contributed by atoms with Gasteiger partial charge in [0.2, 0.25) is 0 Å². The Kier molecular flexibility index (Phi) is 5.57. The van der Waals surface area contributed by atoms with E-state index in [1.165, 1.54) is 24.6 Å². The summed E-state index contributed by atoms with van der Waals surface area (Å²) in [4.78, 5) is 6.64. The molecule has 0 aromatic carbocycles. The van der Waals surface area contributed by atoms with Gasteiger partial charge in [0.05, 0.1) is 11.8 Å². The number of nitrogen functional groups attached to an aromatic ring is 1. The van der Waals surface area contributed by atoms with Gasteiger partial charge < -0.3 is 15.2 Å². The van der Waals surface area contributed by atoms with Crippen LogP contribution in [0, 0.1) is 11.8 Å². The lowest BCUT2D eigenvalue weighted by Crippen LogP contribution is -2.33. The zero-order chi connectivity index (χ0) is 22.6. The quantitative estimate of drug-likeness (QED) is 0.693. The normalized spacial score (nSPS) is 29.8. The molecule has 1 aliphatic heterocycles. The van der Waals surface area contributed by atoms with Gasteiger partial charge in [-0.25, -0.2) is 4.98 Å². The number of nitrogens with two attached hydrogens (primary N) is 1. The first-order valence-electron chi connectivity index (χ1n) is 11.4. The van der Waals surface area contributed by atoms with Gasteiger partial charge in [-0.15, -0.1) is 0 Å². The maximum absolute atomic E-state index is 12.7. The fourth-order valence-corrected chi connectivity index (χ4v) is 5.83. The zero-order valence-corrected chi connectivity index (χ0v) is 18.7. The minimum absolute atomic E-state index is 0.0574. The summed E-state index contributed by atoms with van der Waals surface area (Å²) in [5, 5.41) is 4.80. The van der Waals surface area contributed by atoms with Crippen molar-refractivity contribution >= 4 is 5.82 Å². The maximum atomic E-state index is 12.7. The van der Waals surface area contributed by atoms with Gasteiger partial charge in [-0.05, 0) is 57.1 Å². The molecule has 0 spiro atoms. The number of hydrogen-bond acceptors (Lipinski definition) is 6. The fourth-order valence-electron chi connectivity index (χ4n) is 5.83. The molecule has 174 valence electrons. The summed E-state index contributed by atoms with van der Waals surface area (Å²) in [6, 6.07) is 4.45. The third-order valence-corrected chi connectivity index (χ3v) is 7.44. The van der Waals surface area contributed by atoms with E-state index in [4.69, 9.17) is 15.6 Å². The summed E-state index contributed by atoms with van der Waals surface area (Å²) in [6.07, 6.45) is 5.51. The molecule has 0 amide bonds. The van der Waals surface area contributed by atoms with Gasteiger partial charge >= 0.3 is 6.61 Å². The van der Waals surface area contributed by atoms with Crippen LogP contribution in [0.5, 0.6) is 5.75 Å². The SMILES string of the molecule is COC1CCN([C@H]2C[C@@H]3[C@H](C2)[C@H]3c2cc(-c3cnc(N)c(OC(F)F)c3)nn2C(C)C)C1. The van der Waals surface area contributed by atoms with Crippen LogP contribution in [0.4, 0.5) is 14.6 Å². The maximum Gasteiger partial charge on any atom is 0.387 e. The number of anilines is 1. The van der Waals surface area contributed by atoms with E-state index < -0.39 is 6.61 Å². The molecule has 0 bridgehead atoms. The number of hydrogen-bond donors (Lipinski definition) is 1. The molecule has 7 nitrogen and oxygen atoms in total. The number of rotatable bonds is 7. The van der Waals surface area contributed by atoms with Gasteiger partial charge in [-0.1, -0.05) is 0 Å². The molecule has 0 radical (unpaired) electrons. The number of pyridine rings is 1. The molecule has 3 heterocycles. The van der Waals surface area contributed by atoms with E-state index >= 15 is 0 Å². The minimum Gasteiger partial charge on any atom is -0.431 e. The van der Waals surface area contributed by atoms with Gasteiger partial charge in [0.1, 0.15) is 0 Å². The Bertz CT molecular complexity index is 969. The Morgan fingerprint density at radius 2 is 1.94 bits per heavy atom. The highest BCUT2D eigenvalue weighted by Crippen LogP contribution is 2.64. The van der Waals surface area contributed by atoms with Gasteiger partial charge in [-0.2, -0.15) is 13.9 Å². The Morgan fingerprint density at radius 1 is 1.19 bits per heavy atom. The van der Waals surface area contributed by atoms with Crippen molar-refractivity contribution in [3.63, 3.8) is 0 Å². The van der Waals surface area contributed by atoms with Crippen LogP contribution in [-0.2, 0) is 4.74 Å². The zero-order valence-electron chi connectivity index (χ0n) is 18.7. The molecule has 2 aromatic rings. The smallest absolute Gasteiger partial charge is 0.387 e. The molecule has 2 N–H and O–H groups in total. The fraction of sp³-hybridized carbons (Fsp3) is 0.652. The Balaban J connectivity index is 1.34. The highest BCUT2D eigenvalue weighted by Gasteiger charge is 2.59. The summed E-state index contributed by atoms with van der Waals surface area (Å²) >= 11 is 0. The molecule has 1 unspecified atom stereocenters. The number of nitrogens with zero attached hydrogens (tertiary/aromatic N) is 4. The van der Waals surface area contributed by atoms with Crippen LogP contribution in [0.3, 0.4) is 0 Å². The topological polar surface area (TPSA) is 78.4 Å². The van der Waals surface area contributed by atoms with E-state index in [1.807, 2.05) is 0 Å². The van der Waals surface area contributed by atoms with E-state index in [-0.39, 0.29) is 17.6 Å². The lowest BCUT2D eigenvalue weighted by Gasteiger charge is -2.26. The number of alkyl halides is 2. The molecule has 3 fully saturated rings. The van der Waals surface area contributed by atoms with Crippen LogP contribution in [0.1, 0.15) is 50.8 Å². The van der Waals surface area contributed by atoms with Crippen molar-refractivity contribution in [2.24, 2.45) is 11.8 Å². The van der Waals surface area contributed by atoms with Gasteiger partial charge in [0, 0.05) is 55.7 Å². The largest absolute Gasteiger partial charge is 0.431 e. The lowest BCUT2D eigenvalue weighted by atomic mass is 10.0. The van der Waals surface area contributed by atoms with Crippen LogP contribution in [0.25, 0.3) is 11.3 Å². The number of fused-ring (bicyclic) bond motifs is 1. The van der Waals surface area contributed by atoms with E-state index in [2.05, 4.69) is 39.2 Å². The van der Waals surface area contributed by atoms with E-state index in [0.717, 1.165) is 19.5 Å². The van der Waals surface area contributed by atoms with Gasteiger partial charge in [0.25, 0.3) is 0 Å². The Labute approximate surface area is 186 Å². The first-order valence-corrected chi connectivity index (χ1v) is 11.4. The summed E-state index contributed by atoms with van der Waals surface area (Å²) in [6.45, 7) is 3.46. The highest BCUT2D eigenvalue weighted by molar-refractivity contribution is 5.64. The molecule has 32 heavy (non-hydrogen) atoms. The average molecular weight is 448 g/mol. The number of aromatic nitrogens is 3. The van der Waals surface area contributed by atoms with Crippen LogP contribution < -0.4 is 10.5 Å². The lowest BCUT2D eigenvalue weighted by molar-refractivity contribution is -0.0494. The highest BCUT2D eigenvalue weighted by atomic mass is 19.3. The van der Waals surface area contributed by atoms with Crippen molar-refractivity contribution in [2.45, 2.75) is 63.8 Å². The van der Waals surface area contributed by atoms with Crippen LogP contribution in [0.15, 0.2) is 18.3 Å². The molecule has 3 aliphatic rings. The van der Waals surface area contributed by atoms with Crippen molar-refractivity contribution in [1.29, 1.82) is 0 Å². The van der Waals surface area contributed by atoms with Gasteiger partial charge in [0.15, 0.2) is 11.6 Å². The molecular formula is C23H31F2N5O2. The van der Waals surface area contributed by atoms with Crippen molar-refractivity contribution in [3.05, 3.63) is 24.0 Å². The van der Waals surface area contributed by atoms with Crippen molar-refractivity contribution < 1.29 is 18.3 Å². The van der Waals surface area contributed by atoms with E-state index in [1.54, 1.807) is 13.3 Å². The predicted octanol–water partition coefficient (Wildman–Crippen LogP) is 3.92. The third kappa shape index (κ3) is 3.85. The molecule has 5 atom stereocenters. The van der Waals surface area contributed by atoms with E-state index in [9.17, 15) is 8.78 Å². The second-order valence-corrected chi connectivity index (χ2v) is 9.60. The standard InChI is InChI=1S/C23H31F2N5O2/c1-12(2)30-19(9-18(28-30)13-6-20(32-23(24)25)22(26)27-10-13)21-16-7-14(8-17(16)21)29-5-4-15(11-29)31-3/h6,9-10,12,14-17,21,23H,4-5,7-8,11H2,1-3H3,(H2,26,27)/t14-,15?,16+,17-,21-. The Morgan fingerprint density at radius 3 is 2.56 bits per heavy atom. The summed E-state index contributed by atoms with van der Waals surface area (Å²) < 4.78 is 37.5. The second kappa shape index (κ2) is 8.26. The summed E-state index contributed by atoms with van der Waals surface area (Å²) in [5.41, 5.74) is 8.26. The minimum atomic E-state index is -2.95. The Hall–Kier alpha value is -2.26. The molecule has 5 rings (SSSR count). The second-order valence-electron chi connectivity index (χ2n) is 9.60. The molecule has 9 heteroatoms. The third-order valence-electron chi connectivity index (χ3n) is 7.44. The summed E-state index contributed by atoms with van der Waals surface area (Å²) in [7, 11) is 1.81. The number of likely N-dealkylation sites (tertiary alicyclic amines) is 1. The number of methoxy groups -OCH3 is 1. The van der Waals surface area contributed by atoms with Crippen LogP contribution in [0.2, 0.25) is 0 Å². The molecule has 2 aliphatic carbocycles. The van der Waals surface area contributed by atoms with Crippen molar-refractivity contribution in [1.82, 2.24) is 19.7 Å². The molecule has 2 saturated carbocycles. The van der Waals surface area contributed by atoms with Crippen molar-refractivity contribution in [2.75, 3.05) is 25.9 Å². The molecular weight excluding hydrogens is 416 g/mol.